The van der Waals surface area contributed by atoms with Crippen LogP contribution in [0.2, 0.25) is 0 Å². The minimum Gasteiger partial charge on any atom is -0.390 e. The van der Waals surface area contributed by atoms with Gasteiger partial charge in [-0.25, -0.2) is 0 Å². The second-order valence-electron chi connectivity index (χ2n) is 6.14. The van der Waals surface area contributed by atoms with Crippen LogP contribution in [-0.2, 0) is 9.53 Å². The van der Waals surface area contributed by atoms with E-state index in [1.54, 1.807) is 6.08 Å². The number of aliphatic hydroxyl groups is 1. The van der Waals surface area contributed by atoms with Gasteiger partial charge in [0, 0.05) is 25.8 Å². The summed E-state index contributed by atoms with van der Waals surface area (Å²) >= 11 is 0. The summed E-state index contributed by atoms with van der Waals surface area (Å²) in [4.78, 5) is 14.1. The average Bonchev–Trinajstić information content (AvgIpc) is 2.57. The summed E-state index contributed by atoms with van der Waals surface area (Å²) in [6.07, 6.45) is 6.26. The van der Waals surface area contributed by atoms with Gasteiger partial charge in [-0.15, -0.1) is 0 Å². The van der Waals surface area contributed by atoms with Crippen molar-refractivity contribution in [3.8, 4) is 0 Å². The summed E-state index contributed by atoms with van der Waals surface area (Å²) in [5.41, 5.74) is 0.605. The minimum atomic E-state index is -0.418. The number of likely N-dealkylation sites (tertiary alicyclic amines) is 1. The van der Waals surface area contributed by atoms with E-state index in [1.165, 1.54) is 0 Å². The van der Waals surface area contributed by atoms with E-state index >= 15 is 0 Å². The lowest BCUT2D eigenvalue weighted by atomic mass is 9.82. The first-order valence-electron chi connectivity index (χ1n) is 8.04. The Morgan fingerprint density at radius 3 is 2.68 bits per heavy atom. The number of carbonyl (C=O) groups excluding carboxylic acids is 1. The third kappa shape index (κ3) is 3.23. The maximum absolute atomic E-state index is 12.3. The van der Waals surface area contributed by atoms with Gasteiger partial charge >= 0.3 is 0 Å². The van der Waals surface area contributed by atoms with Gasteiger partial charge in [0.1, 0.15) is 0 Å². The highest BCUT2D eigenvalue weighted by molar-refractivity contribution is 5.91. The van der Waals surface area contributed by atoms with E-state index in [-0.39, 0.29) is 5.91 Å². The molecule has 0 aromatic heterocycles. The van der Waals surface area contributed by atoms with E-state index in [2.05, 4.69) is 0 Å². The molecular weight excluding hydrogens is 278 g/mol. The molecule has 0 unspecified atom stereocenters. The zero-order valence-electron chi connectivity index (χ0n) is 12.8. The topological polar surface area (TPSA) is 49.8 Å². The lowest BCUT2D eigenvalue weighted by Crippen LogP contribution is -2.55. The van der Waals surface area contributed by atoms with Gasteiger partial charge in [-0.1, -0.05) is 30.3 Å². The smallest absolute Gasteiger partial charge is 0.246 e. The molecule has 0 radical (unpaired) electrons. The Hall–Kier alpha value is -1.65. The van der Waals surface area contributed by atoms with Gasteiger partial charge in [0.15, 0.2) is 0 Å². The molecule has 3 rings (SSSR count). The Balaban J connectivity index is 1.57. The van der Waals surface area contributed by atoms with E-state index in [4.69, 9.17) is 4.74 Å². The number of rotatable bonds is 2. The molecule has 1 N–H and O–H groups in total. The third-order valence-electron chi connectivity index (χ3n) is 4.76. The molecule has 2 heterocycles. The lowest BCUT2D eigenvalue weighted by molar-refractivity contribution is -0.178. The first-order valence-corrected chi connectivity index (χ1v) is 8.04. The van der Waals surface area contributed by atoms with Crippen LogP contribution in [0.25, 0.3) is 6.08 Å². The van der Waals surface area contributed by atoms with Gasteiger partial charge in [0.05, 0.1) is 11.7 Å². The number of aliphatic hydroxyl groups excluding tert-OH is 1. The van der Waals surface area contributed by atoms with Crippen LogP contribution in [0.15, 0.2) is 36.4 Å². The monoisotopic (exact) mass is 301 g/mol. The molecule has 22 heavy (non-hydrogen) atoms. The molecule has 1 aromatic carbocycles. The average molecular weight is 301 g/mol. The zero-order valence-corrected chi connectivity index (χ0v) is 12.8. The fraction of sp³-hybridized carbons (Fsp3) is 0.500. The quantitative estimate of drug-likeness (QED) is 0.852. The maximum atomic E-state index is 12.3. The predicted molar refractivity (Wildman–Crippen MR) is 85.2 cm³/mol. The number of nitrogens with zero attached hydrogens (tertiary/aromatic N) is 1. The van der Waals surface area contributed by atoms with Crippen molar-refractivity contribution >= 4 is 12.0 Å². The third-order valence-corrected chi connectivity index (χ3v) is 4.76. The molecule has 0 bridgehead atoms. The Bertz CT molecular complexity index is 533. The zero-order chi connectivity index (χ0) is 15.4. The SMILES string of the molecule is O=C(/C=C/c1ccccc1)N1CCC2(CC1)OCCC[C@@H]2O. The number of hydrogen-bond acceptors (Lipinski definition) is 3. The number of piperidine rings is 1. The van der Waals surface area contributed by atoms with Gasteiger partial charge in [-0.3, -0.25) is 4.79 Å². The second-order valence-corrected chi connectivity index (χ2v) is 6.14. The summed E-state index contributed by atoms with van der Waals surface area (Å²) in [5.74, 6) is 0.0315. The van der Waals surface area contributed by atoms with Crippen LogP contribution in [0, 0.1) is 0 Å². The Kier molecular flexibility index (Phi) is 4.60. The number of hydrogen-bond donors (Lipinski definition) is 1. The standard InChI is InChI=1S/C18H23NO3/c20-16-7-4-14-22-18(16)10-12-19(13-11-18)17(21)9-8-15-5-2-1-3-6-15/h1-3,5-6,8-9,16,20H,4,7,10-14H2/b9-8+/t16-/m0/s1. The summed E-state index contributed by atoms with van der Waals surface area (Å²) in [6, 6.07) is 9.81. The summed E-state index contributed by atoms with van der Waals surface area (Å²) in [5, 5.41) is 10.2. The van der Waals surface area contributed by atoms with Crippen LogP contribution in [0.4, 0.5) is 0 Å². The predicted octanol–water partition coefficient (Wildman–Crippen LogP) is 2.23. The molecule has 1 atom stereocenters. The summed E-state index contributed by atoms with van der Waals surface area (Å²) in [6.45, 7) is 2.02. The van der Waals surface area contributed by atoms with E-state index in [9.17, 15) is 9.90 Å². The van der Waals surface area contributed by atoms with E-state index < -0.39 is 11.7 Å². The van der Waals surface area contributed by atoms with Crippen LogP contribution in [0.3, 0.4) is 0 Å². The molecule has 0 aliphatic carbocycles. The largest absolute Gasteiger partial charge is 0.390 e. The fourth-order valence-electron chi connectivity index (χ4n) is 3.33. The highest BCUT2D eigenvalue weighted by Gasteiger charge is 2.44. The summed E-state index contributed by atoms with van der Waals surface area (Å²) in [7, 11) is 0. The maximum Gasteiger partial charge on any atom is 0.246 e. The number of benzene rings is 1. The van der Waals surface area contributed by atoms with Gasteiger partial charge in [0.25, 0.3) is 0 Å². The normalized spacial score (nSPS) is 24.8. The number of amides is 1. The molecule has 4 nitrogen and oxygen atoms in total. The van der Waals surface area contributed by atoms with Crippen molar-refractivity contribution in [3.05, 3.63) is 42.0 Å². The van der Waals surface area contributed by atoms with Crippen LogP contribution in [0.1, 0.15) is 31.2 Å². The summed E-state index contributed by atoms with van der Waals surface area (Å²) < 4.78 is 5.87. The second kappa shape index (κ2) is 6.63. The lowest BCUT2D eigenvalue weighted by Gasteiger charge is -2.46. The molecule has 1 spiro atoms. The Morgan fingerprint density at radius 2 is 2.00 bits per heavy atom. The molecule has 2 saturated heterocycles. The highest BCUT2D eigenvalue weighted by atomic mass is 16.5. The highest BCUT2D eigenvalue weighted by Crippen LogP contribution is 2.35. The number of ether oxygens (including phenoxy) is 1. The first kappa shape index (κ1) is 15.3. The fourth-order valence-corrected chi connectivity index (χ4v) is 3.33. The van der Waals surface area contributed by atoms with Crippen LogP contribution < -0.4 is 0 Å². The van der Waals surface area contributed by atoms with Crippen molar-refractivity contribution in [2.45, 2.75) is 37.4 Å². The van der Waals surface area contributed by atoms with E-state index in [0.717, 1.165) is 37.9 Å². The van der Waals surface area contributed by atoms with Crippen molar-refractivity contribution in [2.75, 3.05) is 19.7 Å². The van der Waals surface area contributed by atoms with Gasteiger partial charge in [-0.2, -0.15) is 0 Å². The van der Waals surface area contributed by atoms with Crippen LogP contribution >= 0.6 is 0 Å². The van der Waals surface area contributed by atoms with Crippen molar-refractivity contribution in [3.63, 3.8) is 0 Å². The molecule has 4 heteroatoms. The van der Waals surface area contributed by atoms with Crippen molar-refractivity contribution in [2.24, 2.45) is 0 Å². The molecule has 2 aliphatic rings. The molecule has 2 aliphatic heterocycles. The Morgan fingerprint density at radius 1 is 1.27 bits per heavy atom. The van der Waals surface area contributed by atoms with Gasteiger partial charge in [0.2, 0.25) is 5.91 Å². The first-order chi connectivity index (χ1) is 10.7. The molecule has 2 fully saturated rings. The van der Waals surface area contributed by atoms with Gasteiger partial charge < -0.3 is 14.7 Å². The van der Waals surface area contributed by atoms with Crippen molar-refractivity contribution < 1.29 is 14.6 Å². The van der Waals surface area contributed by atoms with Crippen molar-refractivity contribution in [1.82, 2.24) is 4.90 Å². The molecule has 0 saturated carbocycles. The molecule has 1 amide bonds. The van der Waals surface area contributed by atoms with Crippen molar-refractivity contribution in [1.29, 1.82) is 0 Å². The van der Waals surface area contributed by atoms with Gasteiger partial charge in [-0.05, 0) is 37.3 Å². The Labute approximate surface area is 131 Å². The minimum absolute atomic E-state index is 0.0315. The van der Waals surface area contributed by atoms with E-state index in [1.807, 2.05) is 41.3 Å². The molecular formula is C18H23NO3. The molecule has 118 valence electrons. The van der Waals surface area contributed by atoms with E-state index in [0.29, 0.717) is 13.1 Å². The number of carbonyl (C=O) groups is 1. The molecule has 1 aromatic rings. The van der Waals surface area contributed by atoms with Crippen LogP contribution in [-0.4, -0.2) is 47.3 Å². The van der Waals surface area contributed by atoms with Crippen LogP contribution in [0.5, 0.6) is 0 Å².